The minimum Gasteiger partial charge on any atom is -0.490 e. The third-order valence-corrected chi connectivity index (χ3v) is 2.82. The molecular weight excluding hydrogens is 258 g/mol. The lowest BCUT2D eigenvalue weighted by molar-refractivity contribution is 0.140. The van der Waals surface area contributed by atoms with Gasteiger partial charge in [0.15, 0.2) is 0 Å². The van der Waals surface area contributed by atoms with E-state index in [1.54, 1.807) is 0 Å². The summed E-state index contributed by atoms with van der Waals surface area (Å²) in [5, 5.41) is 0. The molecule has 0 aromatic heterocycles. The minimum atomic E-state index is 0.420. The number of halogens is 1. The van der Waals surface area contributed by atoms with E-state index < -0.39 is 0 Å². The van der Waals surface area contributed by atoms with Crippen molar-refractivity contribution in [3.8, 4) is 5.75 Å². The molecule has 0 unspecified atom stereocenters. The van der Waals surface area contributed by atoms with Gasteiger partial charge in [0.2, 0.25) is 0 Å². The van der Waals surface area contributed by atoms with Crippen LogP contribution in [0.1, 0.15) is 18.4 Å². The summed E-state index contributed by atoms with van der Waals surface area (Å²) in [7, 11) is 0. The monoisotopic (exact) mass is 271 g/mol. The van der Waals surface area contributed by atoms with Crippen molar-refractivity contribution in [2.75, 3.05) is 6.61 Å². The molecule has 1 aromatic carbocycles. The first-order chi connectivity index (χ1) is 7.29. The maximum atomic E-state index is 5.79. The summed E-state index contributed by atoms with van der Waals surface area (Å²) >= 11 is 3.44. The van der Waals surface area contributed by atoms with Crippen LogP contribution in [0.15, 0.2) is 22.7 Å². The molecule has 1 fully saturated rings. The molecule has 1 aromatic rings. The molecule has 82 valence electrons. The number of rotatable bonds is 5. The molecule has 3 nitrogen and oxygen atoms in total. The lowest BCUT2D eigenvalue weighted by Gasteiger charge is -2.10. The Bertz CT molecular complexity index is 339. The van der Waals surface area contributed by atoms with Gasteiger partial charge < -0.3 is 9.57 Å². The number of ether oxygens (including phenoxy) is 1. The zero-order valence-corrected chi connectivity index (χ0v) is 10.00. The van der Waals surface area contributed by atoms with E-state index >= 15 is 0 Å². The maximum absolute atomic E-state index is 5.79. The average Bonchev–Trinajstić information content (AvgIpc) is 3.02. The molecule has 1 saturated carbocycles. The van der Waals surface area contributed by atoms with Crippen molar-refractivity contribution in [3.05, 3.63) is 28.2 Å². The Labute approximate surface area is 97.6 Å². The van der Waals surface area contributed by atoms with Crippen LogP contribution >= 0.6 is 15.9 Å². The molecule has 1 aliphatic rings. The van der Waals surface area contributed by atoms with Crippen molar-refractivity contribution in [1.82, 2.24) is 0 Å². The Morgan fingerprint density at radius 2 is 2.20 bits per heavy atom. The largest absolute Gasteiger partial charge is 0.490 e. The van der Waals surface area contributed by atoms with Crippen molar-refractivity contribution in [1.29, 1.82) is 0 Å². The van der Waals surface area contributed by atoms with Crippen LogP contribution in [0.25, 0.3) is 0 Å². The number of hydrogen-bond donors (Lipinski definition) is 1. The van der Waals surface area contributed by atoms with Gasteiger partial charge in [0.1, 0.15) is 5.75 Å². The summed E-state index contributed by atoms with van der Waals surface area (Å²) in [6, 6.07) is 6.04. The number of nitrogens with two attached hydrogens (primary N) is 1. The van der Waals surface area contributed by atoms with Crippen molar-refractivity contribution >= 4 is 15.9 Å². The lowest BCUT2D eigenvalue weighted by atomic mass is 10.1. The van der Waals surface area contributed by atoms with Gasteiger partial charge in [-0.25, -0.2) is 5.90 Å². The molecule has 0 heterocycles. The SMILES string of the molecule is NOCCc1cc(Br)ccc1OC1CC1. The highest BCUT2D eigenvalue weighted by molar-refractivity contribution is 9.10. The van der Waals surface area contributed by atoms with Gasteiger partial charge in [-0.1, -0.05) is 15.9 Å². The summed E-state index contributed by atoms with van der Waals surface area (Å²) in [6.45, 7) is 0.511. The van der Waals surface area contributed by atoms with Gasteiger partial charge in [-0.05, 0) is 36.6 Å². The van der Waals surface area contributed by atoms with E-state index in [0.29, 0.717) is 12.7 Å². The fraction of sp³-hybridized carbons (Fsp3) is 0.455. The maximum Gasteiger partial charge on any atom is 0.123 e. The predicted octanol–water partition coefficient (Wildman–Crippen LogP) is 2.42. The first-order valence-electron chi connectivity index (χ1n) is 5.06. The Balaban J connectivity index is 2.10. The standard InChI is InChI=1S/C11H14BrNO2/c12-9-1-4-11(15-10-2-3-10)8(7-9)5-6-14-13/h1,4,7,10H,2-3,5-6,13H2. The summed E-state index contributed by atoms with van der Waals surface area (Å²) in [5.41, 5.74) is 1.14. The Hall–Kier alpha value is -0.580. The fourth-order valence-corrected chi connectivity index (χ4v) is 1.80. The minimum absolute atomic E-state index is 0.420. The quantitative estimate of drug-likeness (QED) is 0.837. The highest BCUT2D eigenvalue weighted by Gasteiger charge is 2.24. The van der Waals surface area contributed by atoms with Crippen LogP contribution in [-0.2, 0) is 11.3 Å². The van der Waals surface area contributed by atoms with Crippen LogP contribution in [0, 0.1) is 0 Å². The van der Waals surface area contributed by atoms with Crippen molar-refractivity contribution < 1.29 is 9.57 Å². The van der Waals surface area contributed by atoms with E-state index in [0.717, 1.165) is 22.2 Å². The highest BCUT2D eigenvalue weighted by Crippen LogP contribution is 2.30. The second kappa shape index (κ2) is 4.96. The first kappa shape index (κ1) is 10.9. The van der Waals surface area contributed by atoms with Gasteiger partial charge in [-0.2, -0.15) is 0 Å². The van der Waals surface area contributed by atoms with Crippen LogP contribution in [-0.4, -0.2) is 12.7 Å². The smallest absolute Gasteiger partial charge is 0.123 e. The molecule has 0 radical (unpaired) electrons. The second-order valence-corrected chi connectivity index (χ2v) is 4.61. The molecular formula is C11H14BrNO2. The van der Waals surface area contributed by atoms with E-state index in [1.165, 1.54) is 12.8 Å². The molecule has 2 N–H and O–H groups in total. The third-order valence-electron chi connectivity index (χ3n) is 2.33. The van der Waals surface area contributed by atoms with Crippen LogP contribution < -0.4 is 10.6 Å². The van der Waals surface area contributed by atoms with Crippen LogP contribution in [0.2, 0.25) is 0 Å². The van der Waals surface area contributed by atoms with Crippen LogP contribution in [0.5, 0.6) is 5.75 Å². The van der Waals surface area contributed by atoms with Gasteiger partial charge in [0.25, 0.3) is 0 Å². The lowest BCUT2D eigenvalue weighted by Crippen LogP contribution is -2.06. The van der Waals surface area contributed by atoms with E-state index in [2.05, 4.69) is 26.8 Å². The molecule has 0 atom stereocenters. The summed E-state index contributed by atoms with van der Waals surface area (Å²) < 4.78 is 6.84. The summed E-state index contributed by atoms with van der Waals surface area (Å²) in [4.78, 5) is 4.59. The number of benzene rings is 1. The fourth-order valence-electron chi connectivity index (χ4n) is 1.39. The van der Waals surface area contributed by atoms with Crippen molar-refractivity contribution in [3.63, 3.8) is 0 Å². The zero-order chi connectivity index (χ0) is 10.7. The molecule has 0 spiro atoms. The molecule has 15 heavy (non-hydrogen) atoms. The third kappa shape index (κ3) is 3.19. The van der Waals surface area contributed by atoms with Gasteiger partial charge >= 0.3 is 0 Å². The van der Waals surface area contributed by atoms with E-state index in [4.69, 9.17) is 10.6 Å². The Morgan fingerprint density at radius 1 is 1.40 bits per heavy atom. The van der Waals surface area contributed by atoms with Gasteiger partial charge in [0, 0.05) is 10.9 Å². The molecule has 2 rings (SSSR count). The molecule has 4 heteroatoms. The normalized spacial score (nSPS) is 15.3. The highest BCUT2D eigenvalue weighted by atomic mass is 79.9. The van der Waals surface area contributed by atoms with Gasteiger partial charge in [-0.15, -0.1) is 0 Å². The van der Waals surface area contributed by atoms with Crippen LogP contribution in [0.3, 0.4) is 0 Å². The van der Waals surface area contributed by atoms with Gasteiger partial charge in [0.05, 0.1) is 12.7 Å². The molecule has 0 bridgehead atoms. The average molecular weight is 272 g/mol. The molecule has 1 aliphatic carbocycles. The second-order valence-electron chi connectivity index (χ2n) is 3.69. The molecule has 0 amide bonds. The zero-order valence-electron chi connectivity index (χ0n) is 8.41. The van der Waals surface area contributed by atoms with E-state index in [-0.39, 0.29) is 0 Å². The molecule has 0 saturated heterocycles. The van der Waals surface area contributed by atoms with Gasteiger partial charge in [-0.3, -0.25) is 0 Å². The predicted molar refractivity (Wildman–Crippen MR) is 61.6 cm³/mol. The molecule has 0 aliphatic heterocycles. The van der Waals surface area contributed by atoms with Crippen molar-refractivity contribution in [2.24, 2.45) is 5.90 Å². The summed E-state index contributed by atoms with van der Waals surface area (Å²) in [5.74, 6) is 5.98. The summed E-state index contributed by atoms with van der Waals surface area (Å²) in [6.07, 6.45) is 3.53. The van der Waals surface area contributed by atoms with Crippen LogP contribution in [0.4, 0.5) is 0 Å². The Kier molecular flexibility index (Phi) is 3.61. The number of hydrogen-bond acceptors (Lipinski definition) is 3. The van der Waals surface area contributed by atoms with E-state index in [1.807, 2.05) is 12.1 Å². The van der Waals surface area contributed by atoms with Crippen molar-refractivity contribution in [2.45, 2.75) is 25.4 Å². The van der Waals surface area contributed by atoms with E-state index in [9.17, 15) is 0 Å². The first-order valence-corrected chi connectivity index (χ1v) is 5.85. The topological polar surface area (TPSA) is 44.5 Å². The Morgan fingerprint density at radius 3 is 2.87 bits per heavy atom.